The fourth-order valence-electron chi connectivity index (χ4n) is 2.58. The molecule has 0 fully saturated rings. The van der Waals surface area contributed by atoms with Gasteiger partial charge in [0.25, 0.3) is 5.91 Å². The molecule has 0 aromatic heterocycles. The Kier molecular flexibility index (Phi) is 7.27. The lowest BCUT2D eigenvalue weighted by Crippen LogP contribution is -2.18. The average molecular weight is 447 g/mol. The third-order valence-electron chi connectivity index (χ3n) is 4.07. The summed E-state index contributed by atoms with van der Waals surface area (Å²) in [7, 11) is 1.52. The Balaban J connectivity index is 1.74. The Bertz CT molecular complexity index is 1070. The number of hydrogen-bond donors (Lipinski definition) is 1. The molecule has 0 heterocycles. The van der Waals surface area contributed by atoms with E-state index in [2.05, 4.69) is 10.5 Å². The first-order chi connectivity index (χ1) is 14.5. The van der Waals surface area contributed by atoms with Crippen LogP contribution in [-0.4, -0.2) is 19.2 Å². The van der Waals surface area contributed by atoms with Crippen LogP contribution in [0.5, 0.6) is 11.5 Å². The second-order valence-corrected chi connectivity index (χ2v) is 6.96. The smallest absolute Gasteiger partial charge is 0.272 e. The maximum absolute atomic E-state index is 13.1. The molecular weight excluding hydrogens is 430 g/mol. The van der Waals surface area contributed by atoms with E-state index in [1.54, 1.807) is 36.4 Å². The second kappa shape index (κ2) is 10.1. The highest BCUT2D eigenvalue weighted by molar-refractivity contribution is 6.36. The Morgan fingerprint density at radius 1 is 1.13 bits per heavy atom. The van der Waals surface area contributed by atoms with Crippen molar-refractivity contribution in [1.29, 1.82) is 0 Å². The number of hydrazone groups is 1. The van der Waals surface area contributed by atoms with Crippen molar-refractivity contribution in [2.45, 2.75) is 6.61 Å². The SMILES string of the molecule is COc1cccc(/C=N/NC(=O)c2ccc(Cl)cc2Cl)c1OCc1ccc(F)cc1. The molecule has 0 aliphatic heterocycles. The van der Waals surface area contributed by atoms with Crippen molar-refractivity contribution in [3.8, 4) is 11.5 Å². The van der Waals surface area contributed by atoms with E-state index in [-0.39, 0.29) is 23.0 Å². The number of benzene rings is 3. The number of amides is 1. The molecule has 154 valence electrons. The van der Waals surface area contributed by atoms with Gasteiger partial charge in [0.1, 0.15) is 12.4 Å². The lowest BCUT2D eigenvalue weighted by atomic mass is 10.2. The van der Waals surface area contributed by atoms with Gasteiger partial charge < -0.3 is 9.47 Å². The zero-order chi connectivity index (χ0) is 21.5. The molecule has 1 amide bonds. The van der Waals surface area contributed by atoms with Crippen molar-refractivity contribution in [3.05, 3.63) is 93.2 Å². The van der Waals surface area contributed by atoms with Gasteiger partial charge >= 0.3 is 0 Å². The van der Waals surface area contributed by atoms with Crippen molar-refractivity contribution < 1.29 is 18.7 Å². The fourth-order valence-corrected chi connectivity index (χ4v) is 3.07. The van der Waals surface area contributed by atoms with Gasteiger partial charge in [0, 0.05) is 10.6 Å². The molecule has 0 spiro atoms. The number of para-hydroxylation sites is 1. The zero-order valence-corrected chi connectivity index (χ0v) is 17.4. The summed E-state index contributed by atoms with van der Waals surface area (Å²) in [6.07, 6.45) is 1.43. The lowest BCUT2D eigenvalue weighted by molar-refractivity contribution is 0.0955. The molecule has 3 aromatic carbocycles. The topological polar surface area (TPSA) is 59.9 Å². The minimum Gasteiger partial charge on any atom is -0.493 e. The Labute approximate surface area is 183 Å². The number of hydrogen-bond acceptors (Lipinski definition) is 4. The molecule has 0 atom stereocenters. The quantitative estimate of drug-likeness (QED) is 0.385. The van der Waals surface area contributed by atoms with Gasteiger partial charge in [-0.15, -0.1) is 0 Å². The van der Waals surface area contributed by atoms with Crippen molar-refractivity contribution >= 4 is 35.3 Å². The summed E-state index contributed by atoms with van der Waals surface area (Å²) < 4.78 is 24.3. The van der Waals surface area contributed by atoms with Crippen molar-refractivity contribution in [1.82, 2.24) is 5.43 Å². The largest absolute Gasteiger partial charge is 0.493 e. The summed E-state index contributed by atoms with van der Waals surface area (Å²) in [5.41, 5.74) is 4.03. The Morgan fingerprint density at radius 2 is 1.90 bits per heavy atom. The third kappa shape index (κ3) is 5.49. The third-order valence-corrected chi connectivity index (χ3v) is 4.62. The molecule has 0 bridgehead atoms. The van der Waals surface area contributed by atoms with Crippen LogP contribution in [0.3, 0.4) is 0 Å². The number of nitrogens with zero attached hydrogens (tertiary/aromatic N) is 1. The summed E-state index contributed by atoms with van der Waals surface area (Å²) in [6.45, 7) is 0.203. The predicted molar refractivity (Wildman–Crippen MR) is 115 cm³/mol. The van der Waals surface area contributed by atoms with E-state index >= 15 is 0 Å². The van der Waals surface area contributed by atoms with Crippen LogP contribution in [0, 0.1) is 5.82 Å². The van der Waals surface area contributed by atoms with Crippen LogP contribution in [0.15, 0.2) is 65.8 Å². The molecule has 0 aliphatic rings. The number of methoxy groups -OCH3 is 1. The van der Waals surface area contributed by atoms with Gasteiger partial charge in [0.15, 0.2) is 11.5 Å². The van der Waals surface area contributed by atoms with Crippen LogP contribution in [0.25, 0.3) is 0 Å². The maximum atomic E-state index is 13.1. The Morgan fingerprint density at radius 3 is 2.60 bits per heavy atom. The molecule has 5 nitrogen and oxygen atoms in total. The van der Waals surface area contributed by atoms with Gasteiger partial charge in [-0.25, -0.2) is 9.82 Å². The maximum Gasteiger partial charge on any atom is 0.272 e. The van der Waals surface area contributed by atoms with E-state index in [9.17, 15) is 9.18 Å². The van der Waals surface area contributed by atoms with E-state index in [0.29, 0.717) is 22.1 Å². The van der Waals surface area contributed by atoms with Gasteiger partial charge in [0.05, 0.1) is 23.9 Å². The minimum atomic E-state index is -0.482. The normalized spacial score (nSPS) is 10.8. The number of carbonyl (C=O) groups excluding carboxylic acids is 1. The summed E-state index contributed by atoms with van der Waals surface area (Å²) in [4.78, 5) is 12.3. The minimum absolute atomic E-state index is 0.203. The van der Waals surface area contributed by atoms with Crippen LogP contribution in [-0.2, 0) is 6.61 Å². The lowest BCUT2D eigenvalue weighted by Gasteiger charge is -2.13. The number of nitrogens with one attached hydrogen (secondary N) is 1. The number of rotatable bonds is 7. The number of carbonyl (C=O) groups is 1. The number of ether oxygens (including phenoxy) is 2. The van der Waals surface area contributed by atoms with Crippen LogP contribution in [0.2, 0.25) is 10.0 Å². The number of halogens is 3. The first-order valence-corrected chi connectivity index (χ1v) is 9.56. The van der Waals surface area contributed by atoms with Crippen LogP contribution in [0.1, 0.15) is 21.5 Å². The van der Waals surface area contributed by atoms with Crippen molar-refractivity contribution in [2.24, 2.45) is 5.10 Å². The standard InChI is InChI=1S/C22H17Cl2FN2O3/c1-29-20-4-2-3-15(21(20)30-13-14-5-8-17(25)9-6-14)12-26-27-22(28)18-10-7-16(23)11-19(18)24/h2-12H,13H2,1H3,(H,27,28)/b26-12+. The fraction of sp³-hybridized carbons (Fsp3) is 0.0909. The zero-order valence-electron chi connectivity index (χ0n) is 15.9. The van der Waals surface area contributed by atoms with E-state index in [1.807, 2.05) is 0 Å². The molecule has 3 aromatic rings. The molecule has 0 saturated carbocycles. The van der Waals surface area contributed by atoms with E-state index in [0.717, 1.165) is 5.56 Å². The second-order valence-electron chi connectivity index (χ2n) is 6.12. The first-order valence-electron chi connectivity index (χ1n) is 8.80. The van der Waals surface area contributed by atoms with Crippen molar-refractivity contribution in [3.63, 3.8) is 0 Å². The molecular formula is C22H17Cl2FN2O3. The summed E-state index contributed by atoms with van der Waals surface area (Å²) in [5.74, 6) is 0.130. The summed E-state index contributed by atoms with van der Waals surface area (Å²) in [6, 6.07) is 15.8. The van der Waals surface area contributed by atoms with E-state index in [4.69, 9.17) is 32.7 Å². The highest BCUT2D eigenvalue weighted by Crippen LogP contribution is 2.31. The van der Waals surface area contributed by atoms with Gasteiger partial charge in [0.2, 0.25) is 0 Å². The molecule has 8 heteroatoms. The average Bonchev–Trinajstić information content (AvgIpc) is 2.73. The van der Waals surface area contributed by atoms with Crippen LogP contribution >= 0.6 is 23.2 Å². The Hall–Kier alpha value is -3.09. The molecule has 0 aliphatic carbocycles. The monoisotopic (exact) mass is 446 g/mol. The highest BCUT2D eigenvalue weighted by atomic mass is 35.5. The molecule has 3 rings (SSSR count). The van der Waals surface area contributed by atoms with E-state index in [1.165, 1.54) is 37.6 Å². The molecule has 30 heavy (non-hydrogen) atoms. The van der Waals surface area contributed by atoms with Gasteiger partial charge in [-0.1, -0.05) is 41.4 Å². The first kappa shape index (κ1) is 21.6. The molecule has 0 unspecified atom stereocenters. The summed E-state index contributed by atoms with van der Waals surface area (Å²) in [5, 5.41) is 4.63. The van der Waals surface area contributed by atoms with Gasteiger partial charge in [-0.3, -0.25) is 4.79 Å². The molecule has 1 N–H and O–H groups in total. The van der Waals surface area contributed by atoms with Crippen LogP contribution < -0.4 is 14.9 Å². The molecule has 0 radical (unpaired) electrons. The summed E-state index contributed by atoms with van der Waals surface area (Å²) >= 11 is 11.9. The van der Waals surface area contributed by atoms with Gasteiger partial charge in [-0.2, -0.15) is 5.10 Å². The predicted octanol–water partition coefficient (Wildman–Crippen LogP) is 5.48. The van der Waals surface area contributed by atoms with Crippen molar-refractivity contribution in [2.75, 3.05) is 7.11 Å². The van der Waals surface area contributed by atoms with Gasteiger partial charge in [-0.05, 0) is 48.0 Å². The van der Waals surface area contributed by atoms with Crippen LogP contribution in [0.4, 0.5) is 4.39 Å². The molecule has 0 saturated heterocycles. The highest BCUT2D eigenvalue weighted by Gasteiger charge is 2.12. The van der Waals surface area contributed by atoms with E-state index < -0.39 is 5.91 Å².